The van der Waals surface area contributed by atoms with Crippen molar-refractivity contribution in [2.24, 2.45) is 11.8 Å². The fourth-order valence-electron chi connectivity index (χ4n) is 6.02. The summed E-state index contributed by atoms with van der Waals surface area (Å²) in [6.45, 7) is 4.54. The molecule has 3 amide bonds. The number of benzene rings is 2. The highest BCUT2D eigenvalue weighted by molar-refractivity contribution is 6.36. The van der Waals surface area contributed by atoms with Gasteiger partial charge in [-0.2, -0.15) is 0 Å². The van der Waals surface area contributed by atoms with Crippen molar-refractivity contribution < 1.29 is 49.8 Å². The van der Waals surface area contributed by atoms with Crippen LogP contribution in [0.25, 0.3) is 0 Å². The summed E-state index contributed by atoms with van der Waals surface area (Å²) in [5.41, 5.74) is 0.341. The van der Waals surface area contributed by atoms with Crippen molar-refractivity contribution in [1.29, 1.82) is 0 Å². The van der Waals surface area contributed by atoms with E-state index in [0.29, 0.717) is 31.5 Å². The Balaban J connectivity index is 1.44. The number of phenols is 4. The van der Waals surface area contributed by atoms with Gasteiger partial charge in [0.15, 0.2) is 23.0 Å². The van der Waals surface area contributed by atoms with Crippen LogP contribution in [0.4, 0.5) is 0 Å². The molecule has 0 radical (unpaired) electrons. The van der Waals surface area contributed by atoms with Gasteiger partial charge in [0.2, 0.25) is 5.91 Å². The molecule has 4 atom stereocenters. The lowest BCUT2D eigenvalue weighted by molar-refractivity contribution is -0.163. The third-order valence-corrected chi connectivity index (χ3v) is 9.23. The number of aromatic hydroxyl groups is 4. The number of amides is 3. The van der Waals surface area contributed by atoms with Gasteiger partial charge in [-0.05, 0) is 49.6 Å². The molecule has 1 saturated heterocycles. The summed E-state index contributed by atoms with van der Waals surface area (Å²) in [5, 5.41) is 63.8. The second-order valence-corrected chi connectivity index (χ2v) is 12.3. The van der Waals surface area contributed by atoms with Crippen molar-refractivity contribution in [2.45, 2.75) is 38.8 Å². The van der Waals surface area contributed by atoms with Crippen LogP contribution in [0.3, 0.4) is 0 Å². The molecule has 1 fully saturated rings. The van der Waals surface area contributed by atoms with Crippen molar-refractivity contribution in [1.82, 2.24) is 20.4 Å². The zero-order valence-corrected chi connectivity index (χ0v) is 27.0. The molecule has 2 aromatic carbocycles. The number of halogens is 2. The number of nitrogens with one attached hydrogen (secondary N) is 2. The van der Waals surface area contributed by atoms with Gasteiger partial charge >= 0.3 is 5.97 Å². The Labute approximate surface area is 279 Å². The van der Waals surface area contributed by atoms with E-state index in [4.69, 9.17) is 23.2 Å². The molecule has 2 aliphatic rings. The third-order valence-electron chi connectivity index (χ3n) is 8.46. The third kappa shape index (κ3) is 7.20. The van der Waals surface area contributed by atoms with Crippen LogP contribution in [0.15, 0.2) is 35.5 Å². The predicted molar refractivity (Wildman–Crippen MR) is 170 cm³/mol. The number of aliphatic carboxylic acids is 1. The van der Waals surface area contributed by atoms with E-state index in [0.717, 1.165) is 12.1 Å². The van der Waals surface area contributed by atoms with Crippen LogP contribution in [0, 0.1) is 11.8 Å². The number of phenolic OH excluding ortho intramolecular Hbond substituents is 4. The minimum Gasteiger partial charge on any atom is -0.504 e. The molecular weight excluding hydrogens is 659 g/mol. The van der Waals surface area contributed by atoms with E-state index in [9.17, 15) is 49.8 Å². The summed E-state index contributed by atoms with van der Waals surface area (Å²) >= 11 is 12.0. The molecule has 8 N–H and O–H groups in total. The first kappa shape index (κ1) is 35.6. The number of rotatable bonds is 14. The monoisotopic (exact) mass is 694 g/mol. The molecule has 0 aromatic heterocycles. The number of carbonyl (C=O) groups excluding carboxylic acids is 3. The van der Waals surface area contributed by atoms with Gasteiger partial charge < -0.3 is 46.2 Å². The van der Waals surface area contributed by atoms with E-state index in [-0.39, 0.29) is 52.4 Å². The maximum Gasteiger partial charge on any atom is 0.352 e. The van der Waals surface area contributed by atoms with Crippen LogP contribution in [-0.2, 0) is 9.59 Å². The molecule has 0 spiro atoms. The summed E-state index contributed by atoms with van der Waals surface area (Å²) in [6, 6.07) is 4.34. The Morgan fingerprint density at radius 3 is 1.79 bits per heavy atom. The summed E-state index contributed by atoms with van der Waals surface area (Å²) in [4.78, 5) is 53.6. The number of carbonyl (C=O) groups is 4. The number of β-lactam (4-membered cyclic amide) rings is 1. The second kappa shape index (κ2) is 14.7. The molecule has 2 aromatic rings. The Morgan fingerprint density at radius 1 is 0.894 bits per heavy atom. The zero-order chi connectivity index (χ0) is 34.7. The van der Waals surface area contributed by atoms with Crippen LogP contribution < -0.4 is 10.6 Å². The lowest BCUT2D eigenvalue weighted by atomic mass is 9.77. The standard InChI is InChI=1S/C31H36Cl2N4O10/c1-14-18(25(31(46)47)37-24(14)21(15(2)38)30(37)45)13-36(11-3-9-34-28(43)16-5-7-19(39)26(41)22(16)32)12-4-10-35-29(44)17-6-8-20(40)27(42)23(17)33/h5-8,14-15,21,24,38-42H,3-4,9-13H2,1-2H3,(H,34,43)(H,35,44)(H,46,47)/t14-,15?,21?,24+/m0/s1. The Bertz CT molecular complexity index is 1540. The number of carboxylic acid groups (broad SMARTS) is 1. The largest absolute Gasteiger partial charge is 0.504 e. The average molecular weight is 696 g/mol. The molecule has 14 nitrogen and oxygen atoms in total. The Kier molecular flexibility index (Phi) is 11.1. The van der Waals surface area contributed by atoms with Gasteiger partial charge in [-0.3, -0.25) is 19.3 Å². The molecule has 47 heavy (non-hydrogen) atoms. The van der Waals surface area contributed by atoms with Crippen LogP contribution in [0.5, 0.6) is 23.0 Å². The number of fused-ring (bicyclic) bond motifs is 1. The first-order chi connectivity index (χ1) is 22.2. The van der Waals surface area contributed by atoms with E-state index >= 15 is 0 Å². The molecule has 0 bridgehead atoms. The van der Waals surface area contributed by atoms with Crippen LogP contribution >= 0.6 is 23.2 Å². The average Bonchev–Trinajstić information content (AvgIpc) is 3.25. The fourth-order valence-corrected chi connectivity index (χ4v) is 6.51. The number of aliphatic hydroxyl groups excluding tert-OH is 1. The smallest absolute Gasteiger partial charge is 0.352 e. The zero-order valence-electron chi connectivity index (χ0n) is 25.5. The van der Waals surface area contributed by atoms with Crippen molar-refractivity contribution >= 4 is 46.9 Å². The molecule has 0 saturated carbocycles. The van der Waals surface area contributed by atoms with Crippen LogP contribution in [0.2, 0.25) is 10.0 Å². The predicted octanol–water partition coefficient (Wildman–Crippen LogP) is 2.25. The topological polar surface area (TPSA) is 220 Å². The van der Waals surface area contributed by atoms with Crippen LogP contribution in [0.1, 0.15) is 47.4 Å². The summed E-state index contributed by atoms with van der Waals surface area (Å²) in [7, 11) is 0. The van der Waals surface area contributed by atoms with Crippen molar-refractivity contribution in [3.63, 3.8) is 0 Å². The SMILES string of the molecule is CC(O)C1C(=O)N2C(C(=O)O)=C(CN(CCCNC(=O)c3ccc(O)c(O)c3Cl)CCCNC(=O)c3ccc(O)c(O)c3Cl)[C@H](C)[C@H]12. The minimum absolute atomic E-state index is 0.0329. The number of hydrogen-bond donors (Lipinski definition) is 8. The van der Waals surface area contributed by atoms with Gasteiger partial charge in [0.1, 0.15) is 5.70 Å². The summed E-state index contributed by atoms with van der Waals surface area (Å²) in [6.07, 6.45) is -0.152. The van der Waals surface area contributed by atoms with E-state index in [2.05, 4.69) is 10.6 Å². The lowest BCUT2D eigenvalue weighted by Crippen LogP contribution is -2.63. The quantitative estimate of drug-likeness (QED) is 0.0814. The Hall–Kier alpha value is -4.24. The van der Waals surface area contributed by atoms with Crippen molar-refractivity contribution in [3.8, 4) is 23.0 Å². The molecular formula is C31H36Cl2N4O10. The Morgan fingerprint density at radius 2 is 1.36 bits per heavy atom. The van der Waals surface area contributed by atoms with Gasteiger partial charge in [-0.15, -0.1) is 0 Å². The number of carboxylic acids is 1. The first-order valence-electron chi connectivity index (χ1n) is 14.8. The van der Waals surface area contributed by atoms with E-state index in [1.807, 2.05) is 11.8 Å². The summed E-state index contributed by atoms with van der Waals surface area (Å²) < 4.78 is 0. The van der Waals surface area contributed by atoms with E-state index < -0.39 is 64.8 Å². The van der Waals surface area contributed by atoms with E-state index in [1.54, 1.807) is 0 Å². The van der Waals surface area contributed by atoms with Gasteiger partial charge in [0, 0.05) is 38.6 Å². The maximum atomic E-state index is 12.8. The molecule has 254 valence electrons. The van der Waals surface area contributed by atoms with Crippen molar-refractivity contribution in [3.05, 3.63) is 56.7 Å². The first-order valence-corrected chi connectivity index (χ1v) is 15.6. The molecule has 4 rings (SSSR count). The second-order valence-electron chi connectivity index (χ2n) is 11.5. The van der Waals surface area contributed by atoms with Gasteiger partial charge in [-0.25, -0.2) is 4.79 Å². The van der Waals surface area contributed by atoms with Gasteiger partial charge in [0.05, 0.1) is 39.2 Å². The fraction of sp³-hybridized carbons (Fsp3) is 0.419. The van der Waals surface area contributed by atoms with E-state index in [1.165, 1.54) is 24.0 Å². The van der Waals surface area contributed by atoms with Gasteiger partial charge in [-0.1, -0.05) is 30.1 Å². The number of aliphatic hydroxyl groups is 1. The maximum absolute atomic E-state index is 12.8. The normalized spacial score (nSPS) is 19.4. The number of hydrogen-bond acceptors (Lipinski definition) is 10. The minimum atomic E-state index is -1.26. The highest BCUT2D eigenvalue weighted by Crippen LogP contribution is 2.47. The highest BCUT2D eigenvalue weighted by Gasteiger charge is 2.59. The lowest BCUT2D eigenvalue weighted by Gasteiger charge is -2.46. The van der Waals surface area contributed by atoms with Crippen molar-refractivity contribution in [2.75, 3.05) is 32.7 Å². The van der Waals surface area contributed by atoms with Crippen LogP contribution in [-0.4, -0.2) is 109 Å². The molecule has 2 heterocycles. The summed E-state index contributed by atoms with van der Waals surface area (Å²) in [5.74, 6) is -6.09. The molecule has 2 unspecified atom stereocenters. The highest BCUT2D eigenvalue weighted by atomic mass is 35.5. The molecule has 16 heteroatoms. The molecule has 0 aliphatic carbocycles. The van der Waals surface area contributed by atoms with Gasteiger partial charge in [0.25, 0.3) is 11.8 Å². The molecule has 2 aliphatic heterocycles. The number of nitrogens with zero attached hydrogens (tertiary/aromatic N) is 2.